The average molecular weight is 667 g/mol. The summed E-state index contributed by atoms with van der Waals surface area (Å²) in [6.45, 7) is 4.00. The minimum absolute atomic E-state index is 0.0834. The fourth-order valence-electron chi connectivity index (χ4n) is 6.39. The van der Waals surface area contributed by atoms with E-state index >= 15 is 0 Å². The van der Waals surface area contributed by atoms with Gasteiger partial charge in [-0.05, 0) is 25.7 Å². The number of aliphatic hydroxyl groups excluding tert-OH is 3. The lowest BCUT2D eigenvalue weighted by Crippen LogP contribution is -2.25. The first-order chi connectivity index (χ1) is 22.8. The van der Waals surface area contributed by atoms with Gasteiger partial charge in [-0.2, -0.15) is 0 Å². The van der Waals surface area contributed by atoms with Crippen molar-refractivity contribution in [2.45, 2.75) is 193 Å². The number of hydrogen-bond donors (Lipinski definition) is 3. The van der Waals surface area contributed by atoms with Crippen LogP contribution in [-0.4, -0.2) is 64.6 Å². The van der Waals surface area contributed by atoms with Gasteiger partial charge in [0.05, 0.1) is 12.2 Å². The van der Waals surface area contributed by atoms with E-state index in [9.17, 15) is 29.7 Å². The molecular formula is C39H70O8. The smallest absolute Gasteiger partial charge is 0.305 e. The van der Waals surface area contributed by atoms with Gasteiger partial charge in [0.25, 0.3) is 0 Å². The molecule has 0 amide bonds. The molecule has 0 unspecified atom stereocenters. The van der Waals surface area contributed by atoms with Crippen molar-refractivity contribution in [1.29, 1.82) is 0 Å². The standard InChI is InChI=1S/C39H70O8/c1-3-5-7-8-9-10-11-12-13-14-15-16-21-25-38(44)46-30-33(41)31-47-39(45)26-22-18-17-20-24-34-35(37(43)29-36(34)42)28-27-32(40)23-19-6-4-2/h27-28,32-35,37,40-41,43H,3-26,29-31H2,1-2H3/b28-27+/t32-,33-,34+,35+,37+/m0/s1. The number of rotatable bonds is 31. The predicted octanol–water partition coefficient (Wildman–Crippen LogP) is 8.32. The topological polar surface area (TPSA) is 130 Å². The van der Waals surface area contributed by atoms with Gasteiger partial charge in [-0.15, -0.1) is 0 Å². The van der Waals surface area contributed by atoms with Crippen LogP contribution in [0.15, 0.2) is 12.2 Å². The van der Waals surface area contributed by atoms with E-state index in [1.807, 2.05) is 6.08 Å². The molecule has 1 aliphatic carbocycles. The molecule has 0 heterocycles. The van der Waals surface area contributed by atoms with Crippen molar-refractivity contribution in [3.8, 4) is 0 Å². The monoisotopic (exact) mass is 667 g/mol. The number of carbonyl (C=O) groups excluding carboxylic acids is 3. The Morgan fingerprint density at radius 1 is 0.702 bits per heavy atom. The Bertz CT molecular complexity index is 828. The summed E-state index contributed by atoms with van der Waals surface area (Å²) >= 11 is 0. The molecule has 0 radical (unpaired) electrons. The van der Waals surface area contributed by atoms with E-state index in [1.54, 1.807) is 6.08 Å². The van der Waals surface area contributed by atoms with Gasteiger partial charge < -0.3 is 24.8 Å². The molecule has 0 aromatic rings. The molecule has 1 saturated carbocycles. The highest BCUT2D eigenvalue weighted by atomic mass is 16.6. The Labute approximate surface area is 286 Å². The highest BCUT2D eigenvalue weighted by Crippen LogP contribution is 2.34. The summed E-state index contributed by atoms with van der Waals surface area (Å²) in [6, 6.07) is 0. The molecule has 3 N–H and O–H groups in total. The van der Waals surface area contributed by atoms with Crippen LogP contribution in [-0.2, 0) is 23.9 Å². The van der Waals surface area contributed by atoms with Gasteiger partial charge in [0.2, 0.25) is 0 Å². The van der Waals surface area contributed by atoms with Crippen molar-refractivity contribution in [3.63, 3.8) is 0 Å². The molecule has 0 saturated heterocycles. The van der Waals surface area contributed by atoms with E-state index in [0.717, 1.165) is 57.8 Å². The number of hydrogen-bond acceptors (Lipinski definition) is 8. The summed E-state index contributed by atoms with van der Waals surface area (Å²) < 4.78 is 10.3. The Kier molecular flexibility index (Phi) is 26.8. The quantitative estimate of drug-likeness (QED) is 0.0383. The van der Waals surface area contributed by atoms with Crippen molar-refractivity contribution in [1.82, 2.24) is 0 Å². The number of unbranched alkanes of at least 4 members (excludes halogenated alkanes) is 17. The third kappa shape index (κ3) is 23.3. The fraction of sp³-hybridized carbons (Fsp3) is 0.872. The minimum atomic E-state index is -1.03. The van der Waals surface area contributed by atoms with E-state index < -0.39 is 18.3 Å². The molecule has 1 aliphatic rings. The van der Waals surface area contributed by atoms with Crippen LogP contribution in [0.1, 0.15) is 174 Å². The Morgan fingerprint density at radius 2 is 1.15 bits per heavy atom. The van der Waals surface area contributed by atoms with Crippen LogP contribution in [0.4, 0.5) is 0 Å². The summed E-state index contributed by atoms with van der Waals surface area (Å²) in [5.74, 6) is -1.10. The zero-order chi connectivity index (χ0) is 34.5. The number of esters is 2. The molecule has 5 atom stereocenters. The number of ketones is 1. The lowest BCUT2D eigenvalue weighted by molar-refractivity contribution is -0.152. The molecule has 1 fully saturated rings. The van der Waals surface area contributed by atoms with Gasteiger partial charge in [-0.25, -0.2) is 0 Å². The second-order valence-corrected chi connectivity index (χ2v) is 13.8. The van der Waals surface area contributed by atoms with Crippen LogP contribution in [0.5, 0.6) is 0 Å². The maximum atomic E-state index is 12.4. The minimum Gasteiger partial charge on any atom is -0.463 e. The summed E-state index contributed by atoms with van der Waals surface area (Å²) in [4.78, 5) is 36.5. The molecule has 0 aliphatic heterocycles. The lowest BCUT2D eigenvalue weighted by Gasteiger charge is -2.18. The lowest BCUT2D eigenvalue weighted by atomic mass is 9.88. The van der Waals surface area contributed by atoms with Gasteiger partial charge in [-0.1, -0.05) is 142 Å². The van der Waals surface area contributed by atoms with Crippen molar-refractivity contribution in [2.75, 3.05) is 13.2 Å². The number of Topliss-reactive ketones (excluding diaryl/α,β-unsaturated/α-hetero) is 1. The number of carbonyl (C=O) groups is 3. The van der Waals surface area contributed by atoms with Gasteiger partial charge in [-0.3, -0.25) is 14.4 Å². The van der Waals surface area contributed by atoms with Crippen molar-refractivity contribution in [3.05, 3.63) is 12.2 Å². The maximum Gasteiger partial charge on any atom is 0.305 e. The Balaban J connectivity index is 2.03. The van der Waals surface area contributed by atoms with Crippen molar-refractivity contribution in [2.24, 2.45) is 11.8 Å². The van der Waals surface area contributed by atoms with E-state index in [-0.39, 0.29) is 55.6 Å². The van der Waals surface area contributed by atoms with E-state index in [2.05, 4.69) is 13.8 Å². The van der Waals surface area contributed by atoms with Gasteiger partial charge in [0.1, 0.15) is 25.1 Å². The summed E-state index contributed by atoms with van der Waals surface area (Å²) in [5.41, 5.74) is 0. The highest BCUT2D eigenvalue weighted by molar-refractivity contribution is 5.84. The van der Waals surface area contributed by atoms with Gasteiger partial charge in [0, 0.05) is 31.1 Å². The van der Waals surface area contributed by atoms with Crippen molar-refractivity contribution >= 4 is 17.7 Å². The molecule has 8 nitrogen and oxygen atoms in total. The molecular weight excluding hydrogens is 596 g/mol. The van der Waals surface area contributed by atoms with Crippen molar-refractivity contribution < 1.29 is 39.2 Å². The van der Waals surface area contributed by atoms with E-state index in [4.69, 9.17) is 9.47 Å². The van der Waals surface area contributed by atoms with E-state index in [0.29, 0.717) is 25.7 Å². The zero-order valence-electron chi connectivity index (χ0n) is 30.0. The predicted molar refractivity (Wildman–Crippen MR) is 188 cm³/mol. The van der Waals surface area contributed by atoms with Crippen LogP contribution in [0.3, 0.4) is 0 Å². The molecule has 0 bridgehead atoms. The fourth-order valence-corrected chi connectivity index (χ4v) is 6.39. The molecule has 47 heavy (non-hydrogen) atoms. The van der Waals surface area contributed by atoms with Crippen LogP contribution >= 0.6 is 0 Å². The van der Waals surface area contributed by atoms with Crippen LogP contribution in [0.25, 0.3) is 0 Å². The second-order valence-electron chi connectivity index (χ2n) is 13.8. The van der Waals surface area contributed by atoms with Gasteiger partial charge in [0.15, 0.2) is 0 Å². The molecule has 1 rings (SSSR count). The third-order valence-corrected chi connectivity index (χ3v) is 9.40. The molecule has 0 aromatic heterocycles. The normalized spacial score (nSPS) is 19.3. The van der Waals surface area contributed by atoms with Crippen LogP contribution in [0, 0.1) is 11.8 Å². The Morgan fingerprint density at radius 3 is 1.66 bits per heavy atom. The summed E-state index contributed by atoms with van der Waals surface area (Å²) in [6.07, 6.45) is 25.9. The first-order valence-electron chi connectivity index (χ1n) is 19.3. The summed E-state index contributed by atoms with van der Waals surface area (Å²) in [5, 5.41) is 30.6. The first-order valence-corrected chi connectivity index (χ1v) is 19.3. The van der Waals surface area contributed by atoms with E-state index in [1.165, 1.54) is 64.2 Å². The zero-order valence-corrected chi connectivity index (χ0v) is 30.0. The average Bonchev–Trinajstić information content (AvgIpc) is 3.32. The maximum absolute atomic E-state index is 12.4. The molecule has 274 valence electrons. The van der Waals surface area contributed by atoms with Crippen LogP contribution in [0.2, 0.25) is 0 Å². The highest BCUT2D eigenvalue weighted by Gasteiger charge is 2.39. The molecule has 0 aromatic carbocycles. The third-order valence-electron chi connectivity index (χ3n) is 9.40. The number of aliphatic hydroxyl groups is 3. The summed E-state index contributed by atoms with van der Waals surface area (Å²) in [7, 11) is 0. The SMILES string of the molecule is CCCCCCCCCCCCCCCC(=O)OC[C@H](O)COC(=O)CCCCCC[C@H]1C(=O)C[C@@H](O)[C@@H]1/C=C/[C@@H](O)CCCCC. The Hall–Kier alpha value is -1.77. The first kappa shape index (κ1) is 43.3. The second kappa shape index (κ2) is 29.2. The van der Waals surface area contributed by atoms with Gasteiger partial charge >= 0.3 is 11.9 Å². The molecule has 8 heteroatoms. The number of ether oxygens (including phenoxy) is 2. The molecule has 0 spiro atoms. The van der Waals surface area contributed by atoms with Crippen LogP contribution < -0.4 is 0 Å². The largest absolute Gasteiger partial charge is 0.463 e.